The van der Waals surface area contributed by atoms with Crippen LogP contribution in [-0.4, -0.2) is 51.0 Å². The van der Waals surface area contributed by atoms with Gasteiger partial charge in [0.25, 0.3) is 0 Å². The number of halogens is 3. The summed E-state index contributed by atoms with van der Waals surface area (Å²) in [6.07, 6.45) is -3.54. The van der Waals surface area contributed by atoms with Gasteiger partial charge < -0.3 is 20.1 Å². The predicted molar refractivity (Wildman–Crippen MR) is 93.4 cm³/mol. The van der Waals surface area contributed by atoms with Crippen molar-refractivity contribution in [3.63, 3.8) is 0 Å². The zero-order chi connectivity index (χ0) is 19.5. The van der Waals surface area contributed by atoms with Gasteiger partial charge in [-0.25, -0.2) is 0 Å². The number of hydrogen-bond donors (Lipinski definition) is 2. The van der Waals surface area contributed by atoms with E-state index in [4.69, 9.17) is 9.47 Å². The van der Waals surface area contributed by atoms with Crippen LogP contribution in [0.3, 0.4) is 0 Å². The molecule has 2 atom stereocenters. The van der Waals surface area contributed by atoms with Crippen LogP contribution < -0.4 is 10.6 Å². The number of benzene rings is 1. The summed E-state index contributed by atoms with van der Waals surface area (Å²) in [5.41, 5.74) is -0.663. The maximum Gasteiger partial charge on any atom is 0.416 e. The lowest BCUT2D eigenvalue weighted by Gasteiger charge is -2.39. The van der Waals surface area contributed by atoms with E-state index in [0.717, 1.165) is 6.07 Å². The Labute approximate surface area is 156 Å². The Hall–Kier alpha value is -1.64. The van der Waals surface area contributed by atoms with Crippen molar-refractivity contribution in [2.24, 2.45) is 0 Å². The van der Waals surface area contributed by atoms with Gasteiger partial charge in [0.05, 0.1) is 18.3 Å². The van der Waals surface area contributed by atoms with Crippen molar-refractivity contribution in [3.05, 3.63) is 35.4 Å². The van der Waals surface area contributed by atoms with E-state index in [0.29, 0.717) is 44.8 Å². The molecule has 8 heteroatoms. The van der Waals surface area contributed by atoms with Crippen LogP contribution in [0, 0.1) is 0 Å². The Bertz CT molecular complexity index is 660. The maximum absolute atomic E-state index is 13.1. The first kappa shape index (κ1) is 20.1. The zero-order valence-corrected chi connectivity index (χ0v) is 15.3. The number of morpholine rings is 1. The fourth-order valence-electron chi connectivity index (χ4n) is 3.75. The maximum atomic E-state index is 13.1. The fraction of sp³-hybridized carbons (Fsp3) is 0.632. The summed E-state index contributed by atoms with van der Waals surface area (Å²) in [6.45, 7) is 4.14. The number of hydrogen-bond acceptors (Lipinski definition) is 4. The van der Waals surface area contributed by atoms with Gasteiger partial charge in [0.1, 0.15) is 6.04 Å². The number of carbonyl (C=O) groups is 1. The molecule has 0 aromatic heterocycles. The molecule has 0 saturated carbocycles. The average Bonchev–Trinajstić information content (AvgIpc) is 2.67. The smallest absolute Gasteiger partial charge is 0.381 e. The van der Waals surface area contributed by atoms with Crippen molar-refractivity contribution < 1.29 is 27.4 Å². The highest BCUT2D eigenvalue weighted by atomic mass is 19.4. The first-order valence-corrected chi connectivity index (χ1v) is 9.20. The number of ether oxygens (including phenoxy) is 2. The molecule has 27 heavy (non-hydrogen) atoms. The molecule has 2 fully saturated rings. The van der Waals surface area contributed by atoms with Gasteiger partial charge in [-0.3, -0.25) is 4.79 Å². The number of nitrogens with one attached hydrogen (secondary N) is 2. The highest BCUT2D eigenvalue weighted by Gasteiger charge is 2.38. The minimum Gasteiger partial charge on any atom is -0.381 e. The summed E-state index contributed by atoms with van der Waals surface area (Å²) in [6, 6.07) is 4.94. The van der Waals surface area contributed by atoms with Crippen molar-refractivity contribution in [3.8, 4) is 0 Å². The molecule has 0 spiro atoms. The van der Waals surface area contributed by atoms with Crippen LogP contribution in [0.15, 0.2) is 24.3 Å². The molecule has 2 saturated heterocycles. The number of amides is 1. The lowest BCUT2D eigenvalue weighted by Crippen LogP contribution is -2.57. The topological polar surface area (TPSA) is 59.6 Å². The van der Waals surface area contributed by atoms with Crippen molar-refractivity contribution in [1.29, 1.82) is 0 Å². The molecular weight excluding hydrogens is 361 g/mol. The van der Waals surface area contributed by atoms with Gasteiger partial charge >= 0.3 is 6.18 Å². The Balaban J connectivity index is 1.78. The minimum atomic E-state index is -4.40. The Morgan fingerprint density at radius 1 is 1.30 bits per heavy atom. The van der Waals surface area contributed by atoms with E-state index < -0.39 is 23.2 Å². The standard InChI is InChI=1S/C19H25F3N2O3/c1-13-16(23-7-10-27-13)17(25)24-12-18(5-8-26-9-6-18)14-3-2-4-15(11-14)19(20,21)22/h2-4,11,13,16,23H,5-10,12H2,1H3,(H,24,25)/t13-,16+/m1/s1. The summed E-state index contributed by atoms with van der Waals surface area (Å²) in [5, 5.41) is 6.06. The molecule has 2 aliphatic heterocycles. The van der Waals surface area contributed by atoms with Gasteiger partial charge in [0, 0.05) is 31.7 Å². The first-order chi connectivity index (χ1) is 12.8. The Kier molecular flexibility index (Phi) is 6.08. The molecule has 0 unspecified atom stereocenters. The van der Waals surface area contributed by atoms with Crippen molar-refractivity contribution in [1.82, 2.24) is 10.6 Å². The van der Waals surface area contributed by atoms with Gasteiger partial charge in [-0.1, -0.05) is 18.2 Å². The number of carbonyl (C=O) groups excluding carboxylic acids is 1. The summed E-state index contributed by atoms with van der Waals surface area (Å²) < 4.78 is 50.3. The summed E-state index contributed by atoms with van der Waals surface area (Å²) in [4.78, 5) is 12.6. The van der Waals surface area contributed by atoms with E-state index in [2.05, 4.69) is 10.6 Å². The van der Waals surface area contributed by atoms with Crippen LogP contribution in [0.5, 0.6) is 0 Å². The van der Waals surface area contributed by atoms with Gasteiger partial charge in [0.2, 0.25) is 5.91 Å². The molecule has 2 heterocycles. The van der Waals surface area contributed by atoms with Crippen LogP contribution in [-0.2, 0) is 25.9 Å². The molecule has 2 aliphatic rings. The molecule has 3 rings (SSSR count). The third-order valence-electron chi connectivity index (χ3n) is 5.45. The quantitative estimate of drug-likeness (QED) is 0.833. The van der Waals surface area contributed by atoms with Gasteiger partial charge in [0.15, 0.2) is 0 Å². The largest absolute Gasteiger partial charge is 0.416 e. The third kappa shape index (κ3) is 4.62. The molecule has 1 aromatic rings. The number of alkyl halides is 3. The fourth-order valence-corrected chi connectivity index (χ4v) is 3.75. The Morgan fingerprint density at radius 3 is 2.70 bits per heavy atom. The van der Waals surface area contributed by atoms with E-state index in [-0.39, 0.29) is 18.6 Å². The van der Waals surface area contributed by atoms with E-state index in [1.54, 1.807) is 6.07 Å². The second-order valence-electron chi connectivity index (χ2n) is 7.20. The summed E-state index contributed by atoms with van der Waals surface area (Å²) in [7, 11) is 0. The van der Waals surface area contributed by atoms with Crippen LogP contribution in [0.25, 0.3) is 0 Å². The van der Waals surface area contributed by atoms with E-state index in [1.165, 1.54) is 12.1 Å². The molecule has 0 bridgehead atoms. The summed E-state index contributed by atoms with van der Waals surface area (Å²) in [5.74, 6) is -0.194. The second kappa shape index (κ2) is 8.16. The molecule has 0 aliphatic carbocycles. The predicted octanol–water partition coefficient (Wildman–Crippen LogP) is 2.25. The van der Waals surface area contributed by atoms with Crippen molar-refractivity contribution in [2.45, 2.75) is 43.5 Å². The molecule has 5 nitrogen and oxygen atoms in total. The normalized spacial score (nSPS) is 25.8. The van der Waals surface area contributed by atoms with Crippen LogP contribution in [0.1, 0.15) is 30.9 Å². The van der Waals surface area contributed by atoms with Gasteiger partial charge in [-0.2, -0.15) is 13.2 Å². The van der Waals surface area contributed by atoms with Crippen molar-refractivity contribution in [2.75, 3.05) is 32.9 Å². The van der Waals surface area contributed by atoms with Crippen molar-refractivity contribution >= 4 is 5.91 Å². The second-order valence-corrected chi connectivity index (χ2v) is 7.20. The van der Waals surface area contributed by atoms with Gasteiger partial charge in [-0.15, -0.1) is 0 Å². The van der Waals surface area contributed by atoms with E-state index >= 15 is 0 Å². The molecule has 1 aromatic carbocycles. The highest BCUT2D eigenvalue weighted by molar-refractivity contribution is 5.82. The lowest BCUT2D eigenvalue weighted by molar-refractivity contribution is -0.137. The zero-order valence-electron chi connectivity index (χ0n) is 15.3. The lowest BCUT2D eigenvalue weighted by atomic mass is 9.73. The monoisotopic (exact) mass is 386 g/mol. The summed E-state index contributed by atoms with van der Waals surface area (Å²) >= 11 is 0. The van der Waals surface area contributed by atoms with Crippen LogP contribution in [0.4, 0.5) is 13.2 Å². The van der Waals surface area contributed by atoms with Crippen LogP contribution in [0.2, 0.25) is 0 Å². The van der Waals surface area contributed by atoms with Gasteiger partial charge in [-0.05, 0) is 31.4 Å². The molecular formula is C19H25F3N2O3. The molecule has 0 radical (unpaired) electrons. The third-order valence-corrected chi connectivity index (χ3v) is 5.45. The molecule has 2 N–H and O–H groups in total. The highest BCUT2D eigenvalue weighted by Crippen LogP contribution is 2.37. The van der Waals surface area contributed by atoms with E-state index in [9.17, 15) is 18.0 Å². The average molecular weight is 386 g/mol. The molecule has 1 amide bonds. The Morgan fingerprint density at radius 2 is 2.04 bits per heavy atom. The van der Waals surface area contributed by atoms with Crippen LogP contribution >= 0.6 is 0 Å². The van der Waals surface area contributed by atoms with E-state index in [1.807, 2.05) is 6.92 Å². The molecule has 150 valence electrons. The first-order valence-electron chi connectivity index (χ1n) is 9.20. The SMILES string of the molecule is C[C@H]1OCCN[C@@H]1C(=O)NCC1(c2cccc(C(F)(F)F)c2)CCOCC1. The minimum absolute atomic E-state index is 0.194. The number of rotatable bonds is 4.